The van der Waals surface area contributed by atoms with Crippen LogP contribution in [0.25, 0.3) is 0 Å². The number of guanidine groups is 1. The van der Waals surface area contributed by atoms with Gasteiger partial charge in [-0.2, -0.15) is 0 Å². The van der Waals surface area contributed by atoms with Crippen molar-refractivity contribution in [3.63, 3.8) is 0 Å². The smallest absolute Gasteiger partial charge is 0.417 e. The molecule has 20 heteroatoms. The Hall–Kier alpha value is -4.72. The lowest BCUT2D eigenvalue weighted by Gasteiger charge is -2.44. The number of alkyl carbamates (subject to hydrolysis) is 1. The molecule has 2 fully saturated rings. The minimum absolute atomic E-state index is 0.0502. The number of nitrogens with one attached hydrogen (secondary N) is 4. The average molecular weight is 910 g/mol. The van der Waals surface area contributed by atoms with E-state index >= 15 is 0 Å². The summed E-state index contributed by atoms with van der Waals surface area (Å²) in [6.45, 7) is 30.3. The molecule has 2 saturated heterocycles. The SMILES string of the molecule is CC(C)[C@H](NC(=O)[C@H](C)NC(=O)[C@@H]1[C@H](CC[C@H]2OC(C)(C)O[C@H]2C[C@@H]2CN=C(NC(=O)OC(C)(C)C)N2C(=O)OC(C)(C)C)NC(=O)[C@H](C)N1C(=O)OC(C)(C)C)C(=O)OC(C)(C)C. The first kappa shape index (κ1) is 53.6. The van der Waals surface area contributed by atoms with Crippen molar-refractivity contribution in [2.24, 2.45) is 10.9 Å². The van der Waals surface area contributed by atoms with E-state index in [1.807, 2.05) is 0 Å². The van der Waals surface area contributed by atoms with E-state index in [0.29, 0.717) is 0 Å². The van der Waals surface area contributed by atoms with Gasteiger partial charge in [-0.15, -0.1) is 0 Å². The summed E-state index contributed by atoms with van der Waals surface area (Å²) in [5, 5.41) is 10.9. The van der Waals surface area contributed by atoms with Gasteiger partial charge in [0.1, 0.15) is 46.6 Å². The number of aliphatic imine (C=N–C) groups is 1. The number of amides is 6. The van der Waals surface area contributed by atoms with Gasteiger partial charge in [-0.1, -0.05) is 13.8 Å². The topological polar surface area (TPSA) is 242 Å². The van der Waals surface area contributed by atoms with Gasteiger partial charge >= 0.3 is 24.2 Å². The lowest BCUT2D eigenvalue weighted by molar-refractivity contribution is -0.160. The summed E-state index contributed by atoms with van der Waals surface area (Å²) in [5.41, 5.74) is -3.50. The maximum absolute atomic E-state index is 14.4. The van der Waals surface area contributed by atoms with Crippen molar-refractivity contribution in [2.75, 3.05) is 6.54 Å². The highest BCUT2D eigenvalue weighted by atomic mass is 16.8. The zero-order valence-electron chi connectivity index (χ0n) is 41.2. The molecule has 0 bridgehead atoms. The molecule has 0 saturated carbocycles. The summed E-state index contributed by atoms with van der Waals surface area (Å²) < 4.78 is 35.1. The van der Waals surface area contributed by atoms with Crippen molar-refractivity contribution in [2.45, 2.75) is 221 Å². The van der Waals surface area contributed by atoms with Crippen LogP contribution in [-0.4, -0.2) is 141 Å². The molecule has 3 heterocycles. The van der Waals surface area contributed by atoms with Gasteiger partial charge in [0.15, 0.2) is 5.79 Å². The van der Waals surface area contributed by atoms with Crippen LogP contribution in [0.5, 0.6) is 0 Å². The number of rotatable bonds is 11. The lowest BCUT2D eigenvalue weighted by Crippen LogP contribution is -2.71. The molecule has 0 radical (unpaired) electrons. The maximum atomic E-state index is 14.4. The van der Waals surface area contributed by atoms with Crippen molar-refractivity contribution in [3.05, 3.63) is 0 Å². The highest BCUT2D eigenvalue weighted by molar-refractivity contribution is 6.03. The first-order valence-corrected chi connectivity index (χ1v) is 22.0. The van der Waals surface area contributed by atoms with E-state index in [-0.39, 0.29) is 37.7 Å². The van der Waals surface area contributed by atoms with E-state index in [0.717, 1.165) is 4.90 Å². The largest absolute Gasteiger partial charge is 0.458 e. The van der Waals surface area contributed by atoms with E-state index in [1.54, 1.807) is 111 Å². The molecule has 6 amide bonds. The molecule has 0 aromatic heterocycles. The van der Waals surface area contributed by atoms with Gasteiger partial charge < -0.3 is 44.4 Å². The Kier molecular flexibility index (Phi) is 16.9. The highest BCUT2D eigenvalue weighted by Gasteiger charge is 2.50. The average Bonchev–Trinajstić information content (AvgIpc) is 3.61. The second kappa shape index (κ2) is 20.2. The van der Waals surface area contributed by atoms with Gasteiger partial charge in [0.2, 0.25) is 23.7 Å². The number of carbonyl (C=O) groups excluding carboxylic acids is 7. The maximum Gasteiger partial charge on any atom is 0.417 e. The molecule has 0 aliphatic carbocycles. The molecule has 20 nitrogen and oxygen atoms in total. The number of piperazine rings is 1. The highest BCUT2D eigenvalue weighted by Crippen LogP contribution is 2.36. The minimum atomic E-state index is -1.37. The predicted molar refractivity (Wildman–Crippen MR) is 235 cm³/mol. The molecular weight excluding hydrogens is 835 g/mol. The van der Waals surface area contributed by atoms with Gasteiger partial charge in [-0.05, 0) is 136 Å². The molecule has 0 aromatic rings. The second-order valence-corrected chi connectivity index (χ2v) is 21.4. The van der Waals surface area contributed by atoms with E-state index < -0.39 is 119 Å². The van der Waals surface area contributed by atoms with Crippen LogP contribution >= 0.6 is 0 Å². The van der Waals surface area contributed by atoms with Crippen molar-refractivity contribution >= 4 is 47.9 Å². The standard InChI is InChI=1S/C44H75N7O13/c1-23(2)30(35(55)61-40(5,6)7)48-32(52)24(3)46-34(54)31-27(47-33(53)25(4)50(31)38(57)63-42(11,12)13)19-20-28-29(60-44(17,18)59-28)21-26-22-45-36(49-37(56)62-41(8,9)10)51(26)39(58)64-43(14,15)16/h23-31H,19-22H2,1-18H3,(H,46,54)(H,47,53)(H,48,52)(H,45,49,56)/t24-,25-,26+,27-,28+,29-,30-,31-/m0/s1. The van der Waals surface area contributed by atoms with E-state index in [1.165, 1.54) is 18.7 Å². The minimum Gasteiger partial charge on any atom is -0.458 e. The zero-order chi connectivity index (χ0) is 49.1. The Morgan fingerprint density at radius 3 is 1.84 bits per heavy atom. The van der Waals surface area contributed by atoms with E-state index in [2.05, 4.69) is 26.3 Å². The molecule has 364 valence electrons. The van der Waals surface area contributed by atoms with Crippen LogP contribution < -0.4 is 21.3 Å². The fraction of sp³-hybridized carbons (Fsp3) is 0.818. The lowest BCUT2D eigenvalue weighted by atomic mass is 9.92. The van der Waals surface area contributed by atoms with Crippen LogP contribution in [0.3, 0.4) is 0 Å². The fourth-order valence-electron chi connectivity index (χ4n) is 7.28. The molecule has 0 spiro atoms. The third-order valence-corrected chi connectivity index (χ3v) is 9.86. The Labute approximate surface area is 378 Å². The summed E-state index contributed by atoms with van der Waals surface area (Å²) in [4.78, 5) is 102. The Morgan fingerprint density at radius 1 is 0.781 bits per heavy atom. The first-order chi connectivity index (χ1) is 29.0. The number of hydrogen-bond donors (Lipinski definition) is 4. The third-order valence-electron chi connectivity index (χ3n) is 9.86. The van der Waals surface area contributed by atoms with Crippen molar-refractivity contribution in [3.8, 4) is 0 Å². The van der Waals surface area contributed by atoms with Crippen LogP contribution in [0.1, 0.15) is 144 Å². The summed E-state index contributed by atoms with van der Waals surface area (Å²) in [6, 6.07) is -6.40. The van der Waals surface area contributed by atoms with Gasteiger partial charge in [-0.25, -0.2) is 24.1 Å². The Morgan fingerprint density at radius 2 is 1.31 bits per heavy atom. The molecule has 3 rings (SSSR count). The molecule has 0 unspecified atom stereocenters. The normalized spacial score (nSPS) is 24.8. The van der Waals surface area contributed by atoms with Gasteiger partial charge in [0, 0.05) is 0 Å². The summed E-state index contributed by atoms with van der Waals surface area (Å²) in [7, 11) is 0. The third kappa shape index (κ3) is 15.8. The first-order valence-electron chi connectivity index (χ1n) is 22.0. The van der Waals surface area contributed by atoms with E-state index in [4.69, 9.17) is 28.4 Å². The molecular formula is C44H75N7O13. The summed E-state index contributed by atoms with van der Waals surface area (Å²) in [6.07, 6.45) is -3.38. The number of hydrogen-bond acceptors (Lipinski definition) is 14. The number of ether oxygens (including phenoxy) is 6. The molecule has 8 atom stereocenters. The molecule has 3 aliphatic rings. The van der Waals surface area contributed by atoms with Crippen LogP contribution in [0, 0.1) is 5.92 Å². The van der Waals surface area contributed by atoms with Gasteiger partial charge in [0.05, 0.1) is 30.8 Å². The van der Waals surface area contributed by atoms with Crippen molar-refractivity contribution in [1.29, 1.82) is 0 Å². The van der Waals surface area contributed by atoms with Crippen LogP contribution in [-0.2, 0) is 47.6 Å². The summed E-state index contributed by atoms with van der Waals surface area (Å²) >= 11 is 0. The zero-order valence-corrected chi connectivity index (χ0v) is 41.2. The predicted octanol–water partition coefficient (Wildman–Crippen LogP) is 4.66. The van der Waals surface area contributed by atoms with Crippen LogP contribution in [0.4, 0.5) is 14.4 Å². The van der Waals surface area contributed by atoms with Gasteiger partial charge in [0.25, 0.3) is 0 Å². The number of nitrogens with zero attached hydrogens (tertiary/aromatic N) is 3. The van der Waals surface area contributed by atoms with Gasteiger partial charge in [-0.3, -0.25) is 29.6 Å². The van der Waals surface area contributed by atoms with Crippen molar-refractivity contribution < 1.29 is 62.0 Å². The van der Waals surface area contributed by atoms with Crippen molar-refractivity contribution in [1.82, 2.24) is 31.1 Å². The molecule has 64 heavy (non-hydrogen) atoms. The molecule has 0 aromatic carbocycles. The van der Waals surface area contributed by atoms with E-state index in [9.17, 15) is 33.6 Å². The number of esters is 1. The molecule has 4 N–H and O–H groups in total. The number of carbonyl (C=O) groups is 7. The fourth-order valence-corrected chi connectivity index (χ4v) is 7.28. The quantitative estimate of drug-likeness (QED) is 0.163. The second-order valence-electron chi connectivity index (χ2n) is 21.4. The Balaban J connectivity index is 1.92. The Bertz CT molecular complexity index is 1770. The summed E-state index contributed by atoms with van der Waals surface area (Å²) in [5.74, 6) is -4.10. The molecule has 3 aliphatic heterocycles. The van der Waals surface area contributed by atoms with Crippen LogP contribution in [0.2, 0.25) is 0 Å². The monoisotopic (exact) mass is 910 g/mol. The van der Waals surface area contributed by atoms with Crippen LogP contribution in [0.15, 0.2) is 4.99 Å².